The van der Waals surface area contributed by atoms with Crippen LogP contribution in [0.2, 0.25) is 0 Å². The summed E-state index contributed by atoms with van der Waals surface area (Å²) in [4.78, 5) is 5.49. The van der Waals surface area contributed by atoms with E-state index in [2.05, 4.69) is 49.3 Å². The summed E-state index contributed by atoms with van der Waals surface area (Å²) in [6.07, 6.45) is 2.99. The molecule has 0 aliphatic rings. The number of aryl methyl sites for hydroxylation is 2. The van der Waals surface area contributed by atoms with Crippen LogP contribution in [0.25, 0.3) is 0 Å². The maximum Gasteiger partial charge on any atom is 0.0794 e. The topological polar surface area (TPSA) is 24.9 Å². The van der Waals surface area contributed by atoms with Crippen LogP contribution in [0.1, 0.15) is 34.5 Å². The Morgan fingerprint density at radius 2 is 2.17 bits per heavy atom. The minimum atomic E-state index is 0.385. The SMILES string of the molecule is CCNC(Cc1cncs1)c1cc(C)ccc1C. The lowest BCUT2D eigenvalue weighted by atomic mass is 9.96. The van der Waals surface area contributed by atoms with Gasteiger partial charge in [0, 0.05) is 23.5 Å². The van der Waals surface area contributed by atoms with Crippen molar-refractivity contribution in [3.63, 3.8) is 0 Å². The molecule has 3 heteroatoms. The summed E-state index contributed by atoms with van der Waals surface area (Å²) in [5.74, 6) is 0. The van der Waals surface area contributed by atoms with E-state index in [1.54, 1.807) is 11.3 Å². The van der Waals surface area contributed by atoms with E-state index in [1.807, 2.05) is 11.7 Å². The maximum absolute atomic E-state index is 4.16. The summed E-state index contributed by atoms with van der Waals surface area (Å²) in [6, 6.07) is 7.07. The molecule has 0 aliphatic carbocycles. The first-order valence-corrected chi connectivity index (χ1v) is 7.26. The second-order valence-corrected chi connectivity index (χ2v) is 5.61. The molecule has 1 atom stereocenters. The molecule has 0 fully saturated rings. The Morgan fingerprint density at radius 1 is 1.33 bits per heavy atom. The summed E-state index contributed by atoms with van der Waals surface area (Å²) >= 11 is 1.73. The van der Waals surface area contributed by atoms with Crippen molar-refractivity contribution in [2.24, 2.45) is 0 Å². The molecule has 0 spiro atoms. The van der Waals surface area contributed by atoms with E-state index < -0.39 is 0 Å². The molecule has 0 saturated carbocycles. The highest BCUT2D eigenvalue weighted by atomic mass is 32.1. The number of nitrogens with one attached hydrogen (secondary N) is 1. The lowest BCUT2D eigenvalue weighted by molar-refractivity contribution is 0.550. The van der Waals surface area contributed by atoms with Gasteiger partial charge in [-0.25, -0.2) is 0 Å². The zero-order valence-electron chi connectivity index (χ0n) is 11.2. The highest BCUT2D eigenvalue weighted by Gasteiger charge is 2.14. The third-order valence-corrected chi connectivity index (χ3v) is 3.95. The normalized spacial score (nSPS) is 12.6. The maximum atomic E-state index is 4.16. The number of aromatic nitrogens is 1. The number of nitrogens with zero attached hydrogens (tertiary/aromatic N) is 1. The van der Waals surface area contributed by atoms with Crippen LogP contribution in [0.15, 0.2) is 29.9 Å². The molecule has 0 radical (unpaired) electrons. The molecule has 1 N–H and O–H groups in total. The van der Waals surface area contributed by atoms with Gasteiger partial charge < -0.3 is 5.32 Å². The minimum Gasteiger partial charge on any atom is -0.310 e. The first-order valence-electron chi connectivity index (χ1n) is 6.38. The quantitative estimate of drug-likeness (QED) is 0.887. The van der Waals surface area contributed by atoms with E-state index in [-0.39, 0.29) is 0 Å². The van der Waals surface area contributed by atoms with Crippen molar-refractivity contribution >= 4 is 11.3 Å². The Kier molecular flexibility index (Phi) is 4.50. The van der Waals surface area contributed by atoms with Gasteiger partial charge in [-0.1, -0.05) is 30.7 Å². The molecule has 2 nitrogen and oxygen atoms in total. The summed E-state index contributed by atoms with van der Waals surface area (Å²) in [7, 11) is 0. The van der Waals surface area contributed by atoms with E-state index >= 15 is 0 Å². The summed E-state index contributed by atoms with van der Waals surface area (Å²) < 4.78 is 0. The average molecular weight is 260 g/mol. The molecule has 2 aromatic rings. The van der Waals surface area contributed by atoms with E-state index in [9.17, 15) is 0 Å². The van der Waals surface area contributed by atoms with Gasteiger partial charge in [-0.15, -0.1) is 11.3 Å². The van der Waals surface area contributed by atoms with Crippen LogP contribution in [-0.2, 0) is 6.42 Å². The molecular weight excluding hydrogens is 240 g/mol. The summed E-state index contributed by atoms with van der Waals surface area (Å²) in [6.45, 7) is 7.48. The Morgan fingerprint density at radius 3 is 2.83 bits per heavy atom. The van der Waals surface area contributed by atoms with Gasteiger partial charge in [-0.2, -0.15) is 0 Å². The van der Waals surface area contributed by atoms with Gasteiger partial charge in [0.2, 0.25) is 0 Å². The lowest BCUT2D eigenvalue weighted by Gasteiger charge is -2.20. The molecule has 18 heavy (non-hydrogen) atoms. The molecule has 2 rings (SSSR count). The molecule has 96 valence electrons. The van der Waals surface area contributed by atoms with Crippen molar-refractivity contribution in [3.05, 3.63) is 51.5 Å². The summed E-state index contributed by atoms with van der Waals surface area (Å²) in [5, 5.41) is 3.58. The van der Waals surface area contributed by atoms with Gasteiger partial charge in [-0.3, -0.25) is 4.98 Å². The van der Waals surface area contributed by atoms with Gasteiger partial charge in [0.05, 0.1) is 5.51 Å². The molecule has 0 saturated heterocycles. The Hall–Kier alpha value is -1.19. The van der Waals surface area contributed by atoms with Crippen LogP contribution >= 0.6 is 11.3 Å². The molecule has 1 heterocycles. The standard InChI is InChI=1S/C15H20N2S/c1-4-17-15(8-13-9-16-10-18-13)14-7-11(2)5-6-12(14)3/h5-7,9-10,15,17H,4,8H2,1-3H3. The van der Waals surface area contributed by atoms with E-state index in [0.717, 1.165) is 13.0 Å². The zero-order valence-corrected chi connectivity index (χ0v) is 12.1. The smallest absolute Gasteiger partial charge is 0.0794 e. The van der Waals surface area contributed by atoms with Gasteiger partial charge in [-0.05, 0) is 31.5 Å². The number of thiazole rings is 1. The van der Waals surface area contributed by atoms with Crippen LogP contribution in [0.3, 0.4) is 0 Å². The predicted molar refractivity (Wildman–Crippen MR) is 78.2 cm³/mol. The molecule has 0 aliphatic heterocycles. The fraction of sp³-hybridized carbons (Fsp3) is 0.400. The lowest BCUT2D eigenvalue weighted by Crippen LogP contribution is -2.23. The second kappa shape index (κ2) is 6.12. The number of hydrogen-bond donors (Lipinski definition) is 1. The minimum absolute atomic E-state index is 0.385. The van der Waals surface area contributed by atoms with Gasteiger partial charge in [0.25, 0.3) is 0 Å². The monoisotopic (exact) mass is 260 g/mol. The number of hydrogen-bond acceptors (Lipinski definition) is 3. The zero-order chi connectivity index (χ0) is 13.0. The fourth-order valence-electron chi connectivity index (χ4n) is 2.22. The third kappa shape index (κ3) is 3.18. The summed E-state index contributed by atoms with van der Waals surface area (Å²) in [5.41, 5.74) is 5.99. The Bertz CT molecular complexity index is 491. The molecule has 1 aromatic heterocycles. The van der Waals surface area contributed by atoms with Crippen molar-refractivity contribution < 1.29 is 0 Å². The highest BCUT2D eigenvalue weighted by molar-refractivity contribution is 7.09. The predicted octanol–water partition coefficient (Wildman–Crippen LogP) is 3.65. The van der Waals surface area contributed by atoms with Gasteiger partial charge in [0.15, 0.2) is 0 Å². The highest BCUT2D eigenvalue weighted by Crippen LogP contribution is 2.24. The molecule has 0 bridgehead atoms. The van der Waals surface area contributed by atoms with E-state index in [4.69, 9.17) is 0 Å². The van der Waals surface area contributed by atoms with Crippen molar-refractivity contribution in [1.29, 1.82) is 0 Å². The molecular formula is C15H20N2S. The van der Waals surface area contributed by atoms with Crippen molar-refractivity contribution in [2.75, 3.05) is 6.54 Å². The van der Waals surface area contributed by atoms with Crippen LogP contribution in [-0.4, -0.2) is 11.5 Å². The van der Waals surface area contributed by atoms with Crippen molar-refractivity contribution in [2.45, 2.75) is 33.2 Å². The first kappa shape index (κ1) is 13.2. The Labute approximate surface area is 113 Å². The van der Waals surface area contributed by atoms with Crippen molar-refractivity contribution in [3.8, 4) is 0 Å². The fourth-order valence-corrected chi connectivity index (χ4v) is 2.86. The molecule has 0 amide bonds. The molecule has 1 aromatic carbocycles. The van der Waals surface area contributed by atoms with Crippen LogP contribution < -0.4 is 5.32 Å². The van der Waals surface area contributed by atoms with Gasteiger partial charge >= 0.3 is 0 Å². The molecule has 1 unspecified atom stereocenters. The first-order chi connectivity index (χ1) is 8.70. The van der Waals surface area contributed by atoms with Crippen LogP contribution in [0.4, 0.5) is 0 Å². The largest absolute Gasteiger partial charge is 0.310 e. The van der Waals surface area contributed by atoms with Gasteiger partial charge in [0.1, 0.15) is 0 Å². The number of likely N-dealkylation sites (N-methyl/N-ethyl adjacent to an activating group) is 1. The number of rotatable bonds is 5. The number of benzene rings is 1. The van der Waals surface area contributed by atoms with Crippen LogP contribution in [0, 0.1) is 13.8 Å². The van der Waals surface area contributed by atoms with Crippen molar-refractivity contribution in [1.82, 2.24) is 10.3 Å². The third-order valence-electron chi connectivity index (χ3n) is 3.15. The van der Waals surface area contributed by atoms with E-state index in [0.29, 0.717) is 6.04 Å². The second-order valence-electron chi connectivity index (χ2n) is 4.64. The van der Waals surface area contributed by atoms with E-state index in [1.165, 1.54) is 21.6 Å². The van der Waals surface area contributed by atoms with Crippen LogP contribution in [0.5, 0.6) is 0 Å². The Balaban J connectivity index is 2.26. The average Bonchev–Trinajstić information content (AvgIpc) is 2.85.